The highest BCUT2D eigenvalue weighted by molar-refractivity contribution is 5.81. The molecule has 0 aliphatic heterocycles. The Balaban J connectivity index is 2.16. The molecular formula is C15H16F3NO3. The van der Waals surface area contributed by atoms with Gasteiger partial charge in [-0.25, -0.2) is 4.79 Å². The van der Waals surface area contributed by atoms with Gasteiger partial charge >= 0.3 is 12.3 Å². The predicted molar refractivity (Wildman–Crippen MR) is 74.3 cm³/mol. The highest BCUT2D eigenvalue weighted by Gasteiger charge is 2.34. The number of ether oxygens (including phenoxy) is 1. The molecule has 1 aromatic heterocycles. The zero-order valence-electron chi connectivity index (χ0n) is 12.4. The number of fused-ring (bicyclic) bond motifs is 1. The molecule has 2 rings (SSSR count). The van der Waals surface area contributed by atoms with Gasteiger partial charge in [0.25, 0.3) is 0 Å². The van der Waals surface area contributed by atoms with Crippen LogP contribution in [0, 0.1) is 0 Å². The molecule has 0 fully saturated rings. The van der Waals surface area contributed by atoms with Crippen LogP contribution in [0.25, 0.3) is 11.0 Å². The van der Waals surface area contributed by atoms with Crippen molar-refractivity contribution in [1.82, 2.24) is 5.32 Å². The van der Waals surface area contributed by atoms with Gasteiger partial charge in [-0.1, -0.05) is 12.1 Å². The predicted octanol–water partition coefficient (Wildman–Crippen LogP) is 4.48. The average Bonchev–Trinajstić information content (AvgIpc) is 2.75. The van der Waals surface area contributed by atoms with Crippen molar-refractivity contribution in [3.05, 3.63) is 35.6 Å². The standard InChI is InChI=1S/C15H16F3NO3/c1-14(2,3)22-13(20)19-8-10-7-9-5-4-6-11(12(9)21-10)15(16,17)18/h4-7H,8H2,1-3H3,(H,19,20). The number of rotatable bonds is 2. The molecule has 0 radical (unpaired) electrons. The van der Waals surface area contributed by atoms with Crippen molar-refractivity contribution in [3.8, 4) is 0 Å². The van der Waals surface area contributed by atoms with Crippen LogP contribution >= 0.6 is 0 Å². The number of hydrogen-bond acceptors (Lipinski definition) is 3. The normalized spacial score (nSPS) is 12.5. The third-order valence-electron chi connectivity index (χ3n) is 2.71. The Labute approximate surface area is 125 Å². The van der Waals surface area contributed by atoms with Crippen LogP contribution in [0.5, 0.6) is 0 Å². The number of halogens is 3. The zero-order chi connectivity index (χ0) is 16.5. The molecule has 1 amide bonds. The van der Waals surface area contributed by atoms with Crippen molar-refractivity contribution in [1.29, 1.82) is 0 Å². The summed E-state index contributed by atoms with van der Waals surface area (Å²) in [6, 6.07) is 5.25. The van der Waals surface area contributed by atoms with Crippen molar-refractivity contribution >= 4 is 17.1 Å². The molecule has 0 aliphatic carbocycles. The van der Waals surface area contributed by atoms with Crippen molar-refractivity contribution in [2.24, 2.45) is 0 Å². The largest absolute Gasteiger partial charge is 0.459 e. The van der Waals surface area contributed by atoms with E-state index in [1.54, 1.807) is 20.8 Å². The Kier molecular flexibility index (Phi) is 4.08. The summed E-state index contributed by atoms with van der Waals surface area (Å²) in [6.45, 7) is 5.08. The van der Waals surface area contributed by atoms with Crippen LogP contribution in [0.3, 0.4) is 0 Å². The van der Waals surface area contributed by atoms with Crippen LogP contribution in [0.15, 0.2) is 28.7 Å². The highest BCUT2D eigenvalue weighted by Crippen LogP contribution is 2.35. The maximum atomic E-state index is 12.9. The van der Waals surface area contributed by atoms with E-state index in [1.807, 2.05) is 0 Å². The summed E-state index contributed by atoms with van der Waals surface area (Å²) in [4.78, 5) is 11.5. The quantitative estimate of drug-likeness (QED) is 0.889. The van der Waals surface area contributed by atoms with Gasteiger partial charge < -0.3 is 14.5 Å². The second-order valence-corrected chi connectivity index (χ2v) is 5.79. The van der Waals surface area contributed by atoms with Gasteiger partial charge in [0.05, 0.1) is 12.1 Å². The molecule has 4 nitrogen and oxygen atoms in total. The smallest absolute Gasteiger partial charge is 0.420 e. The lowest BCUT2D eigenvalue weighted by Crippen LogP contribution is -2.32. The second-order valence-electron chi connectivity index (χ2n) is 5.79. The lowest BCUT2D eigenvalue weighted by atomic mass is 10.1. The fraction of sp³-hybridized carbons (Fsp3) is 0.400. The van der Waals surface area contributed by atoms with Crippen LogP contribution in [-0.2, 0) is 17.5 Å². The molecular weight excluding hydrogens is 299 g/mol. The van der Waals surface area contributed by atoms with E-state index in [0.29, 0.717) is 5.39 Å². The molecule has 7 heteroatoms. The van der Waals surface area contributed by atoms with Gasteiger partial charge in [0.1, 0.15) is 16.9 Å². The molecule has 0 saturated carbocycles. The lowest BCUT2D eigenvalue weighted by Gasteiger charge is -2.19. The Bertz CT molecular complexity index is 683. The first-order chi connectivity index (χ1) is 10.1. The minimum Gasteiger partial charge on any atom is -0.459 e. The number of hydrogen-bond donors (Lipinski definition) is 1. The van der Waals surface area contributed by atoms with Crippen LogP contribution in [0.1, 0.15) is 32.1 Å². The van der Waals surface area contributed by atoms with Gasteiger partial charge in [0, 0.05) is 5.39 Å². The van der Waals surface area contributed by atoms with E-state index >= 15 is 0 Å². The monoisotopic (exact) mass is 315 g/mol. The Morgan fingerprint density at radius 3 is 2.55 bits per heavy atom. The van der Waals surface area contributed by atoms with Gasteiger partial charge in [-0.15, -0.1) is 0 Å². The van der Waals surface area contributed by atoms with Gasteiger partial charge in [-0.3, -0.25) is 0 Å². The van der Waals surface area contributed by atoms with Crippen LogP contribution in [-0.4, -0.2) is 11.7 Å². The molecule has 120 valence electrons. The SMILES string of the molecule is CC(C)(C)OC(=O)NCc1cc2cccc(C(F)(F)F)c2o1. The molecule has 22 heavy (non-hydrogen) atoms. The first-order valence-corrected chi connectivity index (χ1v) is 6.62. The molecule has 0 saturated heterocycles. The van der Waals surface area contributed by atoms with Crippen molar-refractivity contribution in [3.63, 3.8) is 0 Å². The number of nitrogens with one attached hydrogen (secondary N) is 1. The maximum absolute atomic E-state index is 12.9. The van der Waals surface area contributed by atoms with E-state index < -0.39 is 23.4 Å². The zero-order valence-corrected chi connectivity index (χ0v) is 12.4. The summed E-state index contributed by atoms with van der Waals surface area (Å²) in [6.07, 6.45) is -5.16. The Hall–Kier alpha value is -2.18. The number of amides is 1. The number of furan rings is 1. The Morgan fingerprint density at radius 1 is 1.27 bits per heavy atom. The third-order valence-corrected chi connectivity index (χ3v) is 2.71. The third kappa shape index (κ3) is 3.93. The molecule has 0 spiro atoms. The topological polar surface area (TPSA) is 51.5 Å². The van der Waals surface area contributed by atoms with Crippen LogP contribution in [0.2, 0.25) is 0 Å². The van der Waals surface area contributed by atoms with Crippen LogP contribution in [0.4, 0.5) is 18.0 Å². The molecule has 1 aromatic carbocycles. The maximum Gasteiger partial charge on any atom is 0.420 e. The fourth-order valence-corrected chi connectivity index (χ4v) is 1.90. The van der Waals surface area contributed by atoms with E-state index in [0.717, 1.165) is 6.07 Å². The van der Waals surface area contributed by atoms with E-state index in [-0.39, 0.29) is 17.9 Å². The molecule has 2 aromatic rings. The number of carbonyl (C=O) groups excluding carboxylic acids is 1. The summed E-state index contributed by atoms with van der Waals surface area (Å²) in [5, 5.41) is 2.77. The van der Waals surface area contributed by atoms with Gasteiger partial charge in [0.2, 0.25) is 0 Å². The van der Waals surface area contributed by atoms with E-state index in [1.165, 1.54) is 18.2 Å². The first kappa shape index (κ1) is 16.2. The molecule has 1 N–H and O–H groups in total. The average molecular weight is 315 g/mol. The van der Waals surface area contributed by atoms with Crippen molar-refractivity contribution in [2.75, 3.05) is 0 Å². The number of carbonyl (C=O) groups is 1. The van der Waals surface area contributed by atoms with E-state index in [9.17, 15) is 18.0 Å². The number of para-hydroxylation sites is 1. The van der Waals surface area contributed by atoms with Crippen molar-refractivity contribution in [2.45, 2.75) is 39.1 Å². The lowest BCUT2D eigenvalue weighted by molar-refractivity contribution is -0.136. The minimum atomic E-state index is -4.49. The highest BCUT2D eigenvalue weighted by atomic mass is 19.4. The summed E-state index contributed by atoms with van der Waals surface area (Å²) < 4.78 is 48.9. The van der Waals surface area contributed by atoms with Gasteiger partial charge in [0.15, 0.2) is 0 Å². The summed E-state index contributed by atoms with van der Waals surface area (Å²) in [5.74, 6) is 0.220. The molecule has 0 bridgehead atoms. The molecule has 0 atom stereocenters. The summed E-state index contributed by atoms with van der Waals surface area (Å²) >= 11 is 0. The number of alkyl carbamates (subject to hydrolysis) is 1. The summed E-state index contributed by atoms with van der Waals surface area (Å²) in [5.41, 5.74) is -1.73. The van der Waals surface area contributed by atoms with E-state index in [4.69, 9.17) is 9.15 Å². The van der Waals surface area contributed by atoms with Gasteiger partial charge in [-0.2, -0.15) is 13.2 Å². The first-order valence-electron chi connectivity index (χ1n) is 6.62. The summed E-state index contributed by atoms with van der Waals surface area (Å²) in [7, 11) is 0. The van der Waals surface area contributed by atoms with Crippen molar-refractivity contribution < 1.29 is 27.1 Å². The fourth-order valence-electron chi connectivity index (χ4n) is 1.90. The van der Waals surface area contributed by atoms with Gasteiger partial charge in [-0.05, 0) is 32.9 Å². The number of benzene rings is 1. The molecule has 1 heterocycles. The number of alkyl halides is 3. The molecule has 0 aliphatic rings. The minimum absolute atomic E-state index is 0.0547. The van der Waals surface area contributed by atoms with E-state index in [2.05, 4.69) is 5.32 Å². The molecule has 0 unspecified atom stereocenters. The van der Waals surface area contributed by atoms with Crippen LogP contribution < -0.4 is 5.32 Å². The second kappa shape index (κ2) is 5.55. The Morgan fingerprint density at radius 2 is 1.95 bits per heavy atom.